The maximum Gasteiger partial charge on any atom is 0.235 e. The number of hydrogen-bond acceptors (Lipinski definition) is 1. The molecule has 0 aliphatic carbocycles. The Morgan fingerprint density at radius 3 is 2.67 bits per heavy atom. The van der Waals surface area contributed by atoms with E-state index in [1.807, 2.05) is 0 Å². The van der Waals surface area contributed by atoms with Gasteiger partial charge in [0.1, 0.15) is 0 Å². The van der Waals surface area contributed by atoms with Gasteiger partial charge in [0.25, 0.3) is 0 Å². The number of halogens is 2. The van der Waals surface area contributed by atoms with Gasteiger partial charge in [-0.2, -0.15) is 0 Å². The summed E-state index contributed by atoms with van der Waals surface area (Å²) in [7, 11) is 0. The third-order valence-electron chi connectivity index (χ3n) is 1.06. The lowest BCUT2D eigenvalue weighted by molar-refractivity contribution is -0.111. The van der Waals surface area contributed by atoms with Crippen LogP contribution in [0.5, 0.6) is 0 Å². The smallest absolute Gasteiger partial charge is 0.235 e. The van der Waals surface area contributed by atoms with Gasteiger partial charge in [-0.15, -0.1) is 0 Å². The van der Waals surface area contributed by atoms with Gasteiger partial charge < -0.3 is 0 Å². The summed E-state index contributed by atoms with van der Waals surface area (Å²) in [4.78, 5) is 10.2. The predicted molar refractivity (Wildman–Crippen MR) is 43.1 cm³/mol. The molecule has 0 aromatic rings. The molecule has 0 bridgehead atoms. The van der Waals surface area contributed by atoms with Gasteiger partial charge in [-0.25, -0.2) is 0 Å². The first-order valence-corrected chi connectivity index (χ1v) is 4.31. The highest BCUT2D eigenvalue weighted by molar-refractivity contribution is 9.10. The summed E-state index contributed by atoms with van der Waals surface area (Å²) < 4.78 is 0. The molecule has 1 atom stereocenters. The van der Waals surface area contributed by atoms with E-state index in [2.05, 4.69) is 22.9 Å². The molecule has 9 heavy (non-hydrogen) atoms. The fourth-order valence-corrected chi connectivity index (χ4v) is 0.930. The zero-order chi connectivity index (χ0) is 7.28. The van der Waals surface area contributed by atoms with Crippen molar-refractivity contribution in [1.29, 1.82) is 0 Å². The summed E-state index contributed by atoms with van der Waals surface area (Å²) in [5, 5.41) is -0.288. The fraction of sp³-hybridized carbons (Fsp3) is 0.833. The molecule has 0 aromatic carbocycles. The minimum atomic E-state index is -0.288. The molecule has 0 rings (SSSR count). The first kappa shape index (κ1) is 9.44. The molecule has 0 amide bonds. The van der Waals surface area contributed by atoms with Gasteiger partial charge in [0.15, 0.2) is 0 Å². The first-order chi connectivity index (χ1) is 4.18. The highest BCUT2D eigenvalue weighted by Gasteiger charge is 2.09. The summed E-state index contributed by atoms with van der Waals surface area (Å²) in [5.41, 5.74) is 0. The molecule has 1 nitrogen and oxygen atoms in total. The Balaban J connectivity index is 3.27. The number of unbranched alkanes of at least 4 members (excludes halogenated alkanes) is 1. The second-order valence-corrected chi connectivity index (χ2v) is 3.39. The van der Waals surface area contributed by atoms with Crippen LogP contribution in [-0.2, 0) is 4.79 Å². The number of hydrogen-bond donors (Lipinski definition) is 0. The monoisotopic (exact) mass is 212 g/mol. The van der Waals surface area contributed by atoms with E-state index in [1.54, 1.807) is 0 Å². The highest BCUT2D eigenvalue weighted by Crippen LogP contribution is 2.12. The van der Waals surface area contributed by atoms with E-state index < -0.39 is 0 Å². The van der Waals surface area contributed by atoms with Crippen LogP contribution in [0.1, 0.15) is 26.2 Å². The van der Waals surface area contributed by atoms with Gasteiger partial charge >= 0.3 is 0 Å². The van der Waals surface area contributed by atoms with Crippen molar-refractivity contribution < 1.29 is 4.79 Å². The van der Waals surface area contributed by atoms with Crippen molar-refractivity contribution in [2.24, 2.45) is 0 Å². The second-order valence-electron chi connectivity index (χ2n) is 1.91. The van der Waals surface area contributed by atoms with E-state index in [9.17, 15) is 4.79 Å². The fourth-order valence-electron chi connectivity index (χ4n) is 0.497. The minimum absolute atomic E-state index is 0.140. The van der Waals surface area contributed by atoms with E-state index in [1.165, 1.54) is 0 Å². The molecular formula is C6H10BrClO. The Bertz CT molecular complexity index is 95.1. The molecule has 0 fully saturated rings. The molecule has 0 N–H and O–H groups in total. The number of alkyl halides is 1. The number of carbonyl (C=O) groups excluding carboxylic acids is 1. The van der Waals surface area contributed by atoms with Crippen LogP contribution in [-0.4, -0.2) is 10.1 Å². The summed E-state index contributed by atoms with van der Waals surface area (Å²) in [6.07, 6.45) is 3.00. The van der Waals surface area contributed by atoms with E-state index in [4.69, 9.17) is 11.6 Å². The lowest BCUT2D eigenvalue weighted by atomic mass is 10.2. The first-order valence-electron chi connectivity index (χ1n) is 3.02. The van der Waals surface area contributed by atoms with Gasteiger partial charge in [0.2, 0.25) is 5.24 Å². The number of rotatable bonds is 4. The van der Waals surface area contributed by atoms with Gasteiger partial charge in [-0.05, 0) is 18.0 Å². The lowest BCUT2D eigenvalue weighted by Crippen LogP contribution is -2.05. The van der Waals surface area contributed by atoms with Crippen LogP contribution < -0.4 is 0 Å². The minimum Gasteiger partial charge on any atom is -0.280 e. The molecule has 0 heterocycles. The molecule has 0 saturated heterocycles. The zero-order valence-electron chi connectivity index (χ0n) is 5.36. The molecule has 0 aromatic heterocycles. The molecule has 0 saturated carbocycles. The van der Waals surface area contributed by atoms with E-state index >= 15 is 0 Å². The standard InChI is InChI=1S/C6H10BrClO/c1-2-3-4-5(7)6(8)9/h5H,2-4H2,1H3. The summed E-state index contributed by atoms with van der Waals surface area (Å²) in [5.74, 6) is 0. The Kier molecular flexibility index (Phi) is 5.50. The van der Waals surface area contributed by atoms with Crippen LogP contribution in [0.4, 0.5) is 0 Å². The van der Waals surface area contributed by atoms with E-state index in [0.29, 0.717) is 0 Å². The van der Waals surface area contributed by atoms with Crippen LogP contribution in [0.25, 0.3) is 0 Å². The van der Waals surface area contributed by atoms with Crippen molar-refractivity contribution in [3.63, 3.8) is 0 Å². The average molecular weight is 214 g/mol. The summed E-state index contributed by atoms with van der Waals surface area (Å²) >= 11 is 8.34. The molecule has 54 valence electrons. The SMILES string of the molecule is CCCCC(Br)C(=O)Cl. The van der Waals surface area contributed by atoms with Crippen molar-refractivity contribution in [3.05, 3.63) is 0 Å². The number of carbonyl (C=O) groups is 1. The van der Waals surface area contributed by atoms with E-state index in [0.717, 1.165) is 19.3 Å². The van der Waals surface area contributed by atoms with Gasteiger partial charge in [0.05, 0.1) is 4.83 Å². The van der Waals surface area contributed by atoms with E-state index in [-0.39, 0.29) is 10.1 Å². The Morgan fingerprint density at radius 2 is 2.33 bits per heavy atom. The summed E-state index contributed by atoms with van der Waals surface area (Å²) in [6, 6.07) is 0. The normalized spacial score (nSPS) is 13.2. The molecule has 0 aliphatic heterocycles. The van der Waals surface area contributed by atoms with Crippen LogP contribution in [0.15, 0.2) is 0 Å². The largest absolute Gasteiger partial charge is 0.280 e. The third-order valence-corrected chi connectivity index (χ3v) is 2.46. The van der Waals surface area contributed by atoms with Crippen molar-refractivity contribution in [3.8, 4) is 0 Å². The molecule has 0 aliphatic rings. The molecule has 3 heteroatoms. The Labute approximate surface area is 68.9 Å². The molecule has 0 radical (unpaired) electrons. The van der Waals surface area contributed by atoms with Gasteiger partial charge in [-0.3, -0.25) is 4.79 Å². The highest BCUT2D eigenvalue weighted by atomic mass is 79.9. The maximum absolute atomic E-state index is 10.4. The molecule has 1 unspecified atom stereocenters. The Hall–Kier alpha value is 0.440. The molecular weight excluding hydrogens is 203 g/mol. The van der Waals surface area contributed by atoms with Crippen LogP contribution in [0.3, 0.4) is 0 Å². The van der Waals surface area contributed by atoms with Crippen LogP contribution in [0, 0.1) is 0 Å². The van der Waals surface area contributed by atoms with Crippen molar-refractivity contribution in [1.82, 2.24) is 0 Å². The quantitative estimate of drug-likeness (QED) is 0.518. The predicted octanol–water partition coefficient (Wildman–Crippen LogP) is 2.71. The van der Waals surface area contributed by atoms with Crippen molar-refractivity contribution in [2.75, 3.05) is 0 Å². The summed E-state index contributed by atoms with van der Waals surface area (Å²) in [6.45, 7) is 2.08. The zero-order valence-corrected chi connectivity index (χ0v) is 7.70. The topological polar surface area (TPSA) is 17.1 Å². The van der Waals surface area contributed by atoms with Crippen LogP contribution in [0.2, 0.25) is 0 Å². The molecule has 0 spiro atoms. The van der Waals surface area contributed by atoms with Crippen LogP contribution >= 0.6 is 27.5 Å². The van der Waals surface area contributed by atoms with Gasteiger partial charge in [-0.1, -0.05) is 35.7 Å². The Morgan fingerprint density at radius 1 is 1.78 bits per heavy atom. The third kappa shape index (κ3) is 4.91. The second kappa shape index (κ2) is 5.24. The lowest BCUT2D eigenvalue weighted by Gasteiger charge is -2.00. The average Bonchev–Trinajstić information content (AvgIpc) is 1.82. The van der Waals surface area contributed by atoms with Crippen molar-refractivity contribution in [2.45, 2.75) is 31.0 Å². The van der Waals surface area contributed by atoms with Gasteiger partial charge in [0, 0.05) is 0 Å². The maximum atomic E-state index is 10.4. The van der Waals surface area contributed by atoms with Crippen molar-refractivity contribution >= 4 is 32.8 Å².